The SMILES string of the molecule is CC1=CC(=CCc2ccccc2)[C]=C1C1c2ccccc2-c2ccccc21. The van der Waals surface area contributed by atoms with E-state index in [-0.39, 0.29) is 5.92 Å². The van der Waals surface area contributed by atoms with Crippen molar-refractivity contribution in [1.29, 1.82) is 0 Å². The molecule has 0 saturated heterocycles. The predicted octanol–water partition coefficient (Wildman–Crippen LogP) is 6.66. The first kappa shape index (κ1) is 16.1. The molecule has 2 aliphatic rings. The second-order valence-electron chi connectivity index (χ2n) is 7.32. The maximum absolute atomic E-state index is 3.72. The summed E-state index contributed by atoms with van der Waals surface area (Å²) in [5.74, 6) is 0.288. The fourth-order valence-electron chi connectivity index (χ4n) is 4.32. The van der Waals surface area contributed by atoms with Gasteiger partial charge in [-0.1, -0.05) is 91.0 Å². The molecule has 0 unspecified atom stereocenters. The minimum atomic E-state index is 0.288. The molecule has 0 nitrogen and oxygen atoms in total. The average Bonchev–Trinajstić information content (AvgIpc) is 3.24. The van der Waals surface area contributed by atoms with Gasteiger partial charge in [0.25, 0.3) is 0 Å². The Morgan fingerprint density at radius 2 is 1.37 bits per heavy atom. The van der Waals surface area contributed by atoms with Crippen LogP contribution in [0.3, 0.4) is 0 Å². The van der Waals surface area contributed by atoms with Crippen LogP contribution in [0.1, 0.15) is 29.5 Å². The molecule has 3 aromatic carbocycles. The lowest BCUT2D eigenvalue weighted by Gasteiger charge is -2.16. The van der Waals surface area contributed by atoms with Crippen molar-refractivity contribution in [3.63, 3.8) is 0 Å². The van der Waals surface area contributed by atoms with Crippen molar-refractivity contribution < 1.29 is 0 Å². The Balaban J connectivity index is 1.54. The van der Waals surface area contributed by atoms with Crippen molar-refractivity contribution in [2.24, 2.45) is 0 Å². The van der Waals surface area contributed by atoms with E-state index in [1.54, 1.807) is 0 Å². The molecule has 0 N–H and O–H groups in total. The normalized spacial score (nSPS) is 16.9. The molecule has 2 aliphatic carbocycles. The Bertz CT molecular complexity index is 1050. The van der Waals surface area contributed by atoms with Gasteiger partial charge in [-0.3, -0.25) is 0 Å². The molecule has 0 fully saturated rings. The number of rotatable bonds is 3. The van der Waals surface area contributed by atoms with Gasteiger partial charge in [-0.15, -0.1) is 0 Å². The zero-order valence-electron chi connectivity index (χ0n) is 15.4. The second kappa shape index (κ2) is 6.55. The van der Waals surface area contributed by atoms with E-state index >= 15 is 0 Å². The van der Waals surface area contributed by atoms with E-state index < -0.39 is 0 Å². The van der Waals surface area contributed by atoms with E-state index in [2.05, 4.69) is 104 Å². The van der Waals surface area contributed by atoms with Gasteiger partial charge >= 0.3 is 0 Å². The Morgan fingerprint density at radius 1 is 0.778 bits per heavy atom. The van der Waals surface area contributed by atoms with Gasteiger partial charge < -0.3 is 0 Å². The molecule has 129 valence electrons. The number of hydrogen-bond donors (Lipinski definition) is 0. The Morgan fingerprint density at radius 3 is 2.04 bits per heavy atom. The summed E-state index contributed by atoms with van der Waals surface area (Å²) in [7, 11) is 0. The molecule has 1 radical (unpaired) electrons. The number of fused-ring (bicyclic) bond motifs is 3. The molecule has 3 aromatic rings. The molecule has 0 saturated carbocycles. The first-order chi connectivity index (χ1) is 13.3. The fraction of sp³-hybridized carbons (Fsp3) is 0.111. The van der Waals surface area contributed by atoms with E-state index in [0.29, 0.717) is 0 Å². The highest BCUT2D eigenvalue weighted by molar-refractivity contribution is 5.81. The summed E-state index contributed by atoms with van der Waals surface area (Å²) in [6, 6.07) is 28.2. The third kappa shape index (κ3) is 2.78. The van der Waals surface area contributed by atoms with Crippen LogP contribution in [-0.4, -0.2) is 0 Å². The summed E-state index contributed by atoms with van der Waals surface area (Å²) in [5, 5.41) is 0. The van der Waals surface area contributed by atoms with Gasteiger partial charge in [-0.25, -0.2) is 0 Å². The molecule has 0 amide bonds. The van der Waals surface area contributed by atoms with Crippen molar-refractivity contribution in [3.05, 3.63) is 131 Å². The minimum Gasteiger partial charge on any atom is -0.0722 e. The molecule has 27 heavy (non-hydrogen) atoms. The maximum Gasteiger partial charge on any atom is 0.0361 e. The standard InChI is InChI=1S/C27H21/c1-19-17-21(16-15-20-9-3-2-4-10-20)18-26(19)27-24-13-7-5-11-22(24)23-12-6-8-14-25(23)27/h2-14,16-17,27H,15H2,1H3. The molecule has 0 heteroatoms. The lowest BCUT2D eigenvalue weighted by Crippen LogP contribution is -2.01. The van der Waals surface area contributed by atoms with E-state index in [9.17, 15) is 0 Å². The van der Waals surface area contributed by atoms with Gasteiger partial charge in [0.2, 0.25) is 0 Å². The highest BCUT2D eigenvalue weighted by Gasteiger charge is 2.32. The number of allylic oxidation sites excluding steroid dienone is 6. The largest absolute Gasteiger partial charge is 0.0722 e. The van der Waals surface area contributed by atoms with Gasteiger partial charge in [0.15, 0.2) is 0 Å². The average molecular weight is 345 g/mol. The third-order valence-electron chi connectivity index (χ3n) is 5.60. The summed E-state index contributed by atoms with van der Waals surface area (Å²) in [6.07, 6.45) is 9.23. The fourth-order valence-corrected chi connectivity index (χ4v) is 4.32. The molecule has 0 aromatic heterocycles. The summed E-state index contributed by atoms with van der Waals surface area (Å²) in [4.78, 5) is 0. The van der Waals surface area contributed by atoms with Crippen molar-refractivity contribution in [2.75, 3.05) is 0 Å². The van der Waals surface area contributed by atoms with E-state index in [0.717, 1.165) is 6.42 Å². The lowest BCUT2D eigenvalue weighted by molar-refractivity contribution is 0.990. The van der Waals surface area contributed by atoms with Crippen LogP contribution >= 0.6 is 0 Å². The molecule has 0 spiro atoms. The topological polar surface area (TPSA) is 0 Å². The smallest absolute Gasteiger partial charge is 0.0361 e. The van der Waals surface area contributed by atoms with Gasteiger partial charge in [-0.05, 0) is 64.0 Å². The van der Waals surface area contributed by atoms with Crippen LogP contribution in [0.4, 0.5) is 0 Å². The van der Waals surface area contributed by atoms with Crippen molar-refractivity contribution in [3.8, 4) is 11.1 Å². The monoisotopic (exact) mass is 345 g/mol. The Hall–Kier alpha value is -3.12. The first-order valence-electron chi connectivity index (χ1n) is 9.56. The summed E-state index contributed by atoms with van der Waals surface area (Å²) < 4.78 is 0. The Kier molecular flexibility index (Phi) is 3.90. The van der Waals surface area contributed by atoms with Gasteiger partial charge in [0.1, 0.15) is 0 Å². The maximum atomic E-state index is 3.72. The zero-order valence-corrected chi connectivity index (χ0v) is 15.4. The highest BCUT2D eigenvalue weighted by atomic mass is 14.3. The van der Waals surface area contributed by atoms with Crippen LogP contribution in [0.2, 0.25) is 0 Å². The molecule has 0 bridgehead atoms. The minimum absolute atomic E-state index is 0.288. The van der Waals surface area contributed by atoms with E-state index in [1.807, 2.05) is 0 Å². The van der Waals surface area contributed by atoms with Crippen LogP contribution in [0.25, 0.3) is 11.1 Å². The van der Waals surface area contributed by atoms with Crippen molar-refractivity contribution in [1.82, 2.24) is 0 Å². The Labute approximate surface area is 161 Å². The van der Waals surface area contributed by atoms with Crippen molar-refractivity contribution >= 4 is 0 Å². The lowest BCUT2D eigenvalue weighted by atomic mass is 9.87. The van der Waals surface area contributed by atoms with Crippen LogP contribution in [0, 0.1) is 6.08 Å². The number of hydrogen-bond acceptors (Lipinski definition) is 0. The highest BCUT2D eigenvalue weighted by Crippen LogP contribution is 2.50. The van der Waals surface area contributed by atoms with E-state index in [4.69, 9.17) is 0 Å². The third-order valence-corrected chi connectivity index (χ3v) is 5.60. The molecular formula is C27H21. The van der Waals surface area contributed by atoms with Crippen LogP contribution < -0.4 is 0 Å². The van der Waals surface area contributed by atoms with E-state index in [1.165, 1.54) is 44.5 Å². The van der Waals surface area contributed by atoms with Gasteiger partial charge in [-0.2, -0.15) is 0 Å². The van der Waals surface area contributed by atoms with Gasteiger partial charge in [0, 0.05) is 5.92 Å². The zero-order chi connectivity index (χ0) is 18.2. The van der Waals surface area contributed by atoms with Gasteiger partial charge in [0.05, 0.1) is 0 Å². The quantitative estimate of drug-likeness (QED) is 0.498. The summed E-state index contributed by atoms with van der Waals surface area (Å²) >= 11 is 0. The second-order valence-corrected chi connectivity index (χ2v) is 7.32. The molecule has 0 aliphatic heterocycles. The molecule has 0 heterocycles. The predicted molar refractivity (Wildman–Crippen MR) is 112 cm³/mol. The summed E-state index contributed by atoms with van der Waals surface area (Å²) in [6.45, 7) is 2.22. The molecule has 5 rings (SSSR count). The van der Waals surface area contributed by atoms with Crippen LogP contribution in [0.5, 0.6) is 0 Å². The molecule has 0 atom stereocenters. The van der Waals surface area contributed by atoms with Crippen molar-refractivity contribution in [2.45, 2.75) is 19.3 Å². The van der Waals surface area contributed by atoms with Crippen LogP contribution in [-0.2, 0) is 6.42 Å². The molecular weight excluding hydrogens is 324 g/mol. The number of benzene rings is 3. The summed E-state index contributed by atoms with van der Waals surface area (Å²) in [5.41, 5.74) is 10.7. The first-order valence-corrected chi connectivity index (χ1v) is 9.56. The van der Waals surface area contributed by atoms with Crippen LogP contribution in [0.15, 0.2) is 108 Å².